The number of ether oxygens (including phenoxy) is 2. The van der Waals surface area contributed by atoms with Crippen molar-refractivity contribution in [1.82, 2.24) is 15.1 Å². The van der Waals surface area contributed by atoms with Gasteiger partial charge in [-0.15, -0.1) is 11.3 Å². The smallest absolute Gasteiger partial charge is 0.325 e. The molecule has 9 nitrogen and oxygen atoms in total. The Hall–Kier alpha value is -3.66. The van der Waals surface area contributed by atoms with E-state index in [2.05, 4.69) is 15.7 Å². The molecule has 154 valence electrons. The van der Waals surface area contributed by atoms with E-state index in [-0.39, 0.29) is 6.54 Å². The van der Waals surface area contributed by atoms with Gasteiger partial charge in [-0.1, -0.05) is 0 Å². The lowest BCUT2D eigenvalue weighted by molar-refractivity contribution is -0.120. The van der Waals surface area contributed by atoms with Crippen LogP contribution < -0.4 is 25.7 Å². The second-order valence-electron chi connectivity index (χ2n) is 6.49. The molecule has 3 amide bonds. The first-order valence-corrected chi connectivity index (χ1v) is 9.95. The van der Waals surface area contributed by atoms with Crippen LogP contribution in [-0.4, -0.2) is 34.9 Å². The van der Waals surface area contributed by atoms with E-state index in [1.807, 2.05) is 19.1 Å². The number of carbonyl (C=O) groups is 2. The summed E-state index contributed by atoms with van der Waals surface area (Å²) >= 11 is 1.53. The van der Waals surface area contributed by atoms with E-state index in [9.17, 15) is 14.4 Å². The third-order valence-electron chi connectivity index (χ3n) is 4.21. The van der Waals surface area contributed by atoms with Crippen molar-refractivity contribution < 1.29 is 19.1 Å². The van der Waals surface area contributed by atoms with Crippen LogP contribution in [0.4, 0.5) is 10.5 Å². The van der Waals surface area contributed by atoms with E-state index in [0.29, 0.717) is 36.1 Å². The number of benzene rings is 1. The third-order valence-corrected chi connectivity index (χ3v) is 5.23. The SMILES string of the molecule is Cc1ccc(-c2ccc(=O)n(CC(=O)NC(=O)Nc3ccc4c(c3)OCCO4)n2)s1. The Labute approximate surface area is 175 Å². The minimum absolute atomic E-state index is 0.383. The van der Waals surface area contributed by atoms with Crippen molar-refractivity contribution in [2.24, 2.45) is 0 Å². The number of urea groups is 1. The molecule has 0 spiro atoms. The molecule has 0 saturated heterocycles. The van der Waals surface area contributed by atoms with E-state index in [1.54, 1.807) is 24.3 Å². The number of fused-ring (bicyclic) bond motifs is 1. The van der Waals surface area contributed by atoms with Gasteiger partial charge in [-0.2, -0.15) is 5.10 Å². The quantitative estimate of drug-likeness (QED) is 0.663. The van der Waals surface area contributed by atoms with Crippen molar-refractivity contribution in [3.8, 4) is 22.1 Å². The Morgan fingerprint density at radius 2 is 1.90 bits per heavy atom. The molecule has 4 rings (SSSR count). The first kappa shape index (κ1) is 19.6. The summed E-state index contributed by atoms with van der Waals surface area (Å²) in [6.07, 6.45) is 0. The molecule has 0 saturated carbocycles. The molecule has 1 aliphatic heterocycles. The van der Waals surface area contributed by atoms with Gasteiger partial charge >= 0.3 is 6.03 Å². The van der Waals surface area contributed by atoms with Crippen molar-refractivity contribution in [3.63, 3.8) is 0 Å². The molecule has 0 radical (unpaired) electrons. The van der Waals surface area contributed by atoms with Gasteiger partial charge in [0.25, 0.3) is 5.56 Å². The van der Waals surface area contributed by atoms with E-state index < -0.39 is 17.5 Å². The number of amides is 3. The molecule has 2 aromatic heterocycles. The first-order chi connectivity index (χ1) is 14.5. The molecule has 3 aromatic rings. The highest BCUT2D eigenvalue weighted by molar-refractivity contribution is 7.15. The van der Waals surface area contributed by atoms with E-state index >= 15 is 0 Å². The normalized spacial score (nSPS) is 12.3. The predicted molar refractivity (Wildman–Crippen MR) is 111 cm³/mol. The van der Waals surface area contributed by atoms with Gasteiger partial charge < -0.3 is 14.8 Å². The maximum absolute atomic E-state index is 12.2. The molecule has 2 N–H and O–H groups in total. The largest absolute Gasteiger partial charge is 0.486 e. The average Bonchev–Trinajstić information content (AvgIpc) is 3.15. The summed E-state index contributed by atoms with van der Waals surface area (Å²) in [6, 6.07) is 11.0. The summed E-state index contributed by atoms with van der Waals surface area (Å²) in [5, 5.41) is 8.97. The second kappa shape index (κ2) is 8.37. The lowest BCUT2D eigenvalue weighted by Gasteiger charge is -2.19. The number of aromatic nitrogens is 2. The molecule has 30 heavy (non-hydrogen) atoms. The molecule has 0 fully saturated rings. The molecule has 0 atom stereocenters. The number of nitrogens with zero attached hydrogens (tertiary/aromatic N) is 2. The molecule has 1 aliphatic rings. The molecule has 3 heterocycles. The van der Waals surface area contributed by atoms with Crippen LogP contribution in [0.15, 0.2) is 47.3 Å². The fourth-order valence-electron chi connectivity index (χ4n) is 2.85. The molecule has 10 heteroatoms. The summed E-state index contributed by atoms with van der Waals surface area (Å²) in [6.45, 7) is 2.48. The Kier molecular flexibility index (Phi) is 5.48. The number of aryl methyl sites for hydroxylation is 1. The predicted octanol–water partition coefficient (Wildman–Crippen LogP) is 2.40. The minimum atomic E-state index is -0.727. The van der Waals surface area contributed by atoms with Gasteiger partial charge in [-0.3, -0.25) is 14.9 Å². The topological polar surface area (TPSA) is 112 Å². The maximum Gasteiger partial charge on any atom is 0.325 e. The van der Waals surface area contributed by atoms with Crippen LogP contribution >= 0.6 is 11.3 Å². The highest BCUT2D eigenvalue weighted by atomic mass is 32.1. The van der Waals surface area contributed by atoms with Crippen LogP contribution in [0.5, 0.6) is 11.5 Å². The highest BCUT2D eigenvalue weighted by Gasteiger charge is 2.15. The molecule has 0 aliphatic carbocycles. The standard InChI is InChI=1S/C20H18N4O5S/c1-12-2-6-17(30-12)14-4-7-19(26)24(23-14)11-18(25)22-20(27)21-13-3-5-15-16(10-13)29-9-8-28-15/h2-7,10H,8-9,11H2,1H3,(H2,21,22,25,27). The molecule has 1 aromatic carbocycles. The van der Waals surface area contributed by atoms with Gasteiger partial charge in [-0.05, 0) is 37.3 Å². The number of anilines is 1. The van der Waals surface area contributed by atoms with Gasteiger partial charge in [-0.25, -0.2) is 9.48 Å². The van der Waals surface area contributed by atoms with Crippen molar-refractivity contribution in [1.29, 1.82) is 0 Å². The number of carbonyl (C=O) groups excluding carboxylic acids is 2. The van der Waals surface area contributed by atoms with Crippen molar-refractivity contribution in [2.45, 2.75) is 13.5 Å². The zero-order chi connectivity index (χ0) is 21.1. The summed E-state index contributed by atoms with van der Waals surface area (Å²) in [7, 11) is 0. The average molecular weight is 426 g/mol. The molecular weight excluding hydrogens is 408 g/mol. The van der Waals surface area contributed by atoms with Crippen molar-refractivity contribution >= 4 is 29.0 Å². The summed E-state index contributed by atoms with van der Waals surface area (Å²) in [5.74, 6) is 0.440. The van der Waals surface area contributed by atoms with Crippen LogP contribution in [0.1, 0.15) is 4.88 Å². The Bertz CT molecular complexity index is 1170. The Balaban J connectivity index is 1.39. The molecular formula is C20H18N4O5S. The van der Waals surface area contributed by atoms with Gasteiger partial charge in [0.15, 0.2) is 11.5 Å². The number of nitrogens with one attached hydrogen (secondary N) is 2. The van der Waals surface area contributed by atoms with E-state index in [0.717, 1.165) is 14.4 Å². The number of rotatable bonds is 4. The fraction of sp³-hybridized carbons (Fsp3) is 0.200. The minimum Gasteiger partial charge on any atom is -0.486 e. The number of imide groups is 1. The van der Waals surface area contributed by atoms with Crippen LogP contribution in [-0.2, 0) is 11.3 Å². The zero-order valence-corrected chi connectivity index (χ0v) is 16.8. The number of hydrogen-bond donors (Lipinski definition) is 2. The fourth-order valence-corrected chi connectivity index (χ4v) is 3.68. The van der Waals surface area contributed by atoms with Crippen LogP contribution in [0.3, 0.4) is 0 Å². The van der Waals surface area contributed by atoms with Gasteiger partial charge in [0, 0.05) is 22.7 Å². The summed E-state index contributed by atoms with van der Waals surface area (Å²) in [4.78, 5) is 38.4. The summed E-state index contributed by atoms with van der Waals surface area (Å²) in [5.41, 5.74) is 0.588. The Morgan fingerprint density at radius 3 is 2.67 bits per heavy atom. The third kappa shape index (κ3) is 4.49. The van der Waals surface area contributed by atoms with E-state index in [4.69, 9.17) is 9.47 Å². The number of thiophene rings is 1. The highest BCUT2D eigenvalue weighted by Crippen LogP contribution is 2.32. The monoisotopic (exact) mass is 426 g/mol. The van der Waals surface area contributed by atoms with Crippen LogP contribution in [0.25, 0.3) is 10.6 Å². The van der Waals surface area contributed by atoms with E-state index in [1.165, 1.54) is 17.4 Å². The maximum atomic E-state index is 12.2. The lowest BCUT2D eigenvalue weighted by Crippen LogP contribution is -2.39. The first-order valence-electron chi connectivity index (χ1n) is 9.13. The molecule has 0 unspecified atom stereocenters. The van der Waals surface area contributed by atoms with Gasteiger partial charge in [0.05, 0.1) is 4.88 Å². The summed E-state index contributed by atoms with van der Waals surface area (Å²) < 4.78 is 11.9. The van der Waals surface area contributed by atoms with Crippen LogP contribution in [0, 0.1) is 6.92 Å². The number of hydrogen-bond acceptors (Lipinski definition) is 7. The molecule has 0 bridgehead atoms. The zero-order valence-electron chi connectivity index (χ0n) is 16.0. The van der Waals surface area contributed by atoms with Crippen LogP contribution in [0.2, 0.25) is 0 Å². The van der Waals surface area contributed by atoms with Gasteiger partial charge in [0.2, 0.25) is 5.91 Å². The van der Waals surface area contributed by atoms with Crippen molar-refractivity contribution in [3.05, 3.63) is 57.7 Å². The second-order valence-corrected chi connectivity index (χ2v) is 7.77. The lowest BCUT2D eigenvalue weighted by atomic mass is 10.2. The van der Waals surface area contributed by atoms with Crippen molar-refractivity contribution in [2.75, 3.05) is 18.5 Å². The van der Waals surface area contributed by atoms with Gasteiger partial charge in [0.1, 0.15) is 25.5 Å². The Morgan fingerprint density at radius 1 is 1.10 bits per heavy atom.